The van der Waals surface area contributed by atoms with E-state index in [0.29, 0.717) is 6.42 Å². The lowest BCUT2D eigenvalue weighted by Gasteiger charge is -2.19. The van der Waals surface area contributed by atoms with Gasteiger partial charge in [-0.05, 0) is 29.7 Å². The summed E-state index contributed by atoms with van der Waals surface area (Å²) >= 11 is 0. The van der Waals surface area contributed by atoms with Crippen LogP contribution in [-0.2, 0) is 6.42 Å². The maximum atomic E-state index is 12.5. The Morgan fingerprint density at radius 1 is 0.958 bits per heavy atom. The van der Waals surface area contributed by atoms with E-state index >= 15 is 0 Å². The topological polar surface area (TPSA) is 62.2 Å². The lowest BCUT2D eigenvalue weighted by atomic mass is 9.98. The van der Waals surface area contributed by atoms with Crippen molar-refractivity contribution in [1.29, 1.82) is 0 Å². The van der Waals surface area contributed by atoms with E-state index in [4.69, 9.17) is 0 Å². The number of hydrogen-bond donors (Lipinski definition) is 2. The average molecular weight is 318 g/mol. The van der Waals surface area contributed by atoms with Crippen molar-refractivity contribution in [2.75, 3.05) is 0 Å². The predicted molar refractivity (Wildman–Crippen MR) is 92.7 cm³/mol. The Hall–Kier alpha value is -3.14. The molecule has 4 nitrogen and oxygen atoms in total. The fourth-order valence-electron chi connectivity index (χ4n) is 2.60. The van der Waals surface area contributed by atoms with Gasteiger partial charge in [-0.3, -0.25) is 4.79 Å². The molecular formula is C20H18N2O2. The minimum atomic E-state index is -0.342. The average Bonchev–Trinajstić information content (AvgIpc) is 2.63. The number of benzene rings is 2. The quantitative estimate of drug-likeness (QED) is 0.757. The van der Waals surface area contributed by atoms with Crippen LogP contribution in [0, 0.1) is 0 Å². The van der Waals surface area contributed by atoms with Gasteiger partial charge in [-0.25, -0.2) is 4.98 Å². The van der Waals surface area contributed by atoms with Gasteiger partial charge in [0, 0.05) is 6.20 Å². The number of pyridine rings is 1. The van der Waals surface area contributed by atoms with Crippen molar-refractivity contribution in [1.82, 2.24) is 10.3 Å². The van der Waals surface area contributed by atoms with Gasteiger partial charge in [0.25, 0.3) is 5.91 Å². The summed E-state index contributed by atoms with van der Waals surface area (Å²) in [6, 6.07) is 22.8. The van der Waals surface area contributed by atoms with Crippen LogP contribution in [0.3, 0.4) is 0 Å². The van der Waals surface area contributed by atoms with E-state index in [9.17, 15) is 9.90 Å². The highest BCUT2D eigenvalue weighted by Crippen LogP contribution is 2.20. The summed E-state index contributed by atoms with van der Waals surface area (Å²) in [7, 11) is 0. The van der Waals surface area contributed by atoms with Gasteiger partial charge in [0.15, 0.2) is 0 Å². The molecule has 2 N–H and O–H groups in total. The summed E-state index contributed by atoms with van der Waals surface area (Å²) in [4.78, 5) is 16.3. The van der Waals surface area contributed by atoms with Gasteiger partial charge in [-0.2, -0.15) is 0 Å². The highest BCUT2D eigenvalue weighted by molar-refractivity contribution is 5.96. The maximum absolute atomic E-state index is 12.5. The third-order valence-corrected chi connectivity index (χ3v) is 3.82. The molecule has 24 heavy (non-hydrogen) atoms. The Kier molecular flexibility index (Phi) is 4.87. The number of nitrogens with one attached hydrogen (secondary N) is 1. The first-order valence-electron chi connectivity index (χ1n) is 7.78. The number of hydrogen-bond acceptors (Lipinski definition) is 3. The largest absolute Gasteiger partial charge is 0.493 e. The molecule has 1 amide bonds. The first kappa shape index (κ1) is 15.7. The Morgan fingerprint density at radius 2 is 1.62 bits per heavy atom. The summed E-state index contributed by atoms with van der Waals surface area (Å²) in [5.41, 5.74) is 2.31. The van der Waals surface area contributed by atoms with E-state index in [-0.39, 0.29) is 23.4 Å². The summed E-state index contributed by atoms with van der Waals surface area (Å²) in [5, 5.41) is 12.8. The molecule has 0 aliphatic carbocycles. The van der Waals surface area contributed by atoms with Gasteiger partial charge < -0.3 is 10.4 Å². The van der Waals surface area contributed by atoms with Crippen molar-refractivity contribution in [2.24, 2.45) is 0 Å². The second-order valence-electron chi connectivity index (χ2n) is 5.50. The van der Waals surface area contributed by atoms with Crippen LogP contribution >= 0.6 is 0 Å². The highest BCUT2D eigenvalue weighted by Gasteiger charge is 2.18. The fraction of sp³-hybridized carbons (Fsp3) is 0.100. The van der Waals surface area contributed by atoms with Crippen LogP contribution in [0.15, 0.2) is 79.0 Å². The third-order valence-electron chi connectivity index (χ3n) is 3.82. The molecular weight excluding hydrogens is 300 g/mol. The van der Waals surface area contributed by atoms with Crippen molar-refractivity contribution in [2.45, 2.75) is 12.5 Å². The van der Waals surface area contributed by atoms with Crippen LogP contribution in [0.4, 0.5) is 0 Å². The molecule has 2 aromatic carbocycles. The molecule has 0 saturated heterocycles. The zero-order chi connectivity index (χ0) is 16.8. The normalized spacial score (nSPS) is 11.7. The van der Waals surface area contributed by atoms with E-state index in [2.05, 4.69) is 10.3 Å². The van der Waals surface area contributed by atoms with E-state index < -0.39 is 0 Å². The van der Waals surface area contributed by atoms with Crippen LogP contribution in [-0.4, -0.2) is 16.0 Å². The van der Waals surface area contributed by atoms with Gasteiger partial charge in [0.1, 0.15) is 5.56 Å². The minimum Gasteiger partial charge on any atom is -0.493 e. The van der Waals surface area contributed by atoms with Crippen LogP contribution in [0.5, 0.6) is 5.88 Å². The number of nitrogens with zero attached hydrogens (tertiary/aromatic N) is 1. The second-order valence-corrected chi connectivity index (χ2v) is 5.50. The number of amides is 1. The van der Waals surface area contributed by atoms with Gasteiger partial charge in [-0.1, -0.05) is 60.7 Å². The van der Waals surface area contributed by atoms with Crippen LogP contribution in [0.1, 0.15) is 27.5 Å². The maximum Gasteiger partial charge on any atom is 0.257 e. The molecule has 0 aliphatic rings. The zero-order valence-corrected chi connectivity index (χ0v) is 13.1. The van der Waals surface area contributed by atoms with Gasteiger partial charge >= 0.3 is 0 Å². The van der Waals surface area contributed by atoms with Crippen molar-refractivity contribution in [3.8, 4) is 5.88 Å². The number of carbonyl (C=O) groups is 1. The molecule has 4 heteroatoms. The summed E-state index contributed by atoms with van der Waals surface area (Å²) < 4.78 is 0. The Morgan fingerprint density at radius 3 is 2.29 bits per heavy atom. The molecule has 0 aliphatic heterocycles. The van der Waals surface area contributed by atoms with Crippen molar-refractivity contribution >= 4 is 5.91 Å². The molecule has 3 aromatic rings. The molecule has 120 valence electrons. The van der Waals surface area contributed by atoms with Crippen LogP contribution in [0.25, 0.3) is 0 Å². The van der Waals surface area contributed by atoms with E-state index in [1.54, 1.807) is 12.1 Å². The summed E-state index contributed by atoms with van der Waals surface area (Å²) in [5.74, 6) is -0.605. The Balaban J connectivity index is 1.85. The standard InChI is InChI=1S/C20H18N2O2/c23-19-17(12-7-13-21-19)20(24)22-18(16-10-5-2-6-11-16)14-15-8-3-1-4-9-15/h1-13,18H,14H2,(H,21,23)(H,22,24). The van der Waals surface area contributed by atoms with Gasteiger partial charge in [0.05, 0.1) is 6.04 Å². The molecule has 0 spiro atoms. The number of aromatic hydroxyl groups is 1. The molecule has 1 unspecified atom stereocenters. The Bertz CT molecular complexity index is 804. The van der Waals surface area contributed by atoms with Gasteiger partial charge in [0.2, 0.25) is 5.88 Å². The number of aromatic nitrogens is 1. The molecule has 0 saturated carbocycles. The third kappa shape index (κ3) is 3.79. The second kappa shape index (κ2) is 7.42. The first-order chi connectivity index (χ1) is 11.7. The smallest absolute Gasteiger partial charge is 0.257 e. The predicted octanol–water partition coefficient (Wildman–Crippen LogP) is 3.50. The number of carbonyl (C=O) groups excluding carboxylic acids is 1. The van der Waals surface area contributed by atoms with E-state index in [0.717, 1.165) is 11.1 Å². The van der Waals surface area contributed by atoms with E-state index in [1.165, 1.54) is 6.20 Å². The van der Waals surface area contributed by atoms with E-state index in [1.807, 2.05) is 60.7 Å². The first-order valence-corrected chi connectivity index (χ1v) is 7.78. The minimum absolute atomic E-state index is 0.173. The summed E-state index contributed by atoms with van der Waals surface area (Å²) in [6.07, 6.45) is 2.11. The monoisotopic (exact) mass is 318 g/mol. The molecule has 0 fully saturated rings. The molecule has 1 heterocycles. The number of rotatable bonds is 5. The molecule has 0 bridgehead atoms. The molecule has 1 aromatic heterocycles. The van der Waals surface area contributed by atoms with Crippen LogP contribution < -0.4 is 5.32 Å². The van der Waals surface area contributed by atoms with Crippen molar-refractivity contribution in [3.63, 3.8) is 0 Å². The molecule has 0 radical (unpaired) electrons. The lowest BCUT2D eigenvalue weighted by Crippen LogP contribution is -2.30. The van der Waals surface area contributed by atoms with Crippen LogP contribution in [0.2, 0.25) is 0 Å². The van der Waals surface area contributed by atoms with Gasteiger partial charge in [-0.15, -0.1) is 0 Å². The molecule has 1 atom stereocenters. The van der Waals surface area contributed by atoms with Crippen molar-refractivity contribution in [3.05, 3.63) is 95.7 Å². The molecule has 3 rings (SSSR count). The fourth-order valence-corrected chi connectivity index (χ4v) is 2.60. The zero-order valence-electron chi connectivity index (χ0n) is 13.1. The summed E-state index contributed by atoms with van der Waals surface area (Å²) in [6.45, 7) is 0. The SMILES string of the molecule is O=C(NC(Cc1ccccc1)c1ccccc1)c1cccnc1O. The highest BCUT2D eigenvalue weighted by atomic mass is 16.3. The Labute approximate surface area is 140 Å². The van der Waals surface area contributed by atoms with Crippen molar-refractivity contribution < 1.29 is 9.90 Å². The lowest BCUT2D eigenvalue weighted by molar-refractivity contribution is 0.0933.